The molecule has 0 radical (unpaired) electrons. The van der Waals surface area contributed by atoms with Crippen LogP contribution in [0.4, 0.5) is 5.95 Å². The molecule has 2 heterocycles. The van der Waals surface area contributed by atoms with Gasteiger partial charge in [0.25, 0.3) is 5.56 Å². The zero-order valence-electron chi connectivity index (χ0n) is 19.4. The third-order valence-electron chi connectivity index (χ3n) is 6.05. The monoisotopic (exact) mass is 441 g/mol. The van der Waals surface area contributed by atoms with Crippen LogP contribution in [-0.4, -0.2) is 66.7 Å². The van der Waals surface area contributed by atoms with Gasteiger partial charge in [0, 0.05) is 37.3 Å². The number of rotatable bonds is 10. The number of H-pyrrole nitrogens is 1. The largest absolute Gasteiger partial charge is 0.378 e. The molecule has 2 aromatic rings. The van der Waals surface area contributed by atoms with Gasteiger partial charge >= 0.3 is 0 Å². The molecule has 32 heavy (non-hydrogen) atoms. The minimum atomic E-state index is -0.169. The molecule has 174 valence electrons. The number of carbonyl (C=O) groups excluding carboxylic acids is 1. The molecule has 8 nitrogen and oxygen atoms in total. The number of carbonyl (C=O) groups is 1. The standard InChI is InChI=1S/C24H35N5O3/c1-4-28(5-2)21(19-9-7-6-8-10-19)17-25-22(30)12-11-20-18(3)26-24(27-23(20)31)29-13-15-32-16-14-29/h6-10,21H,4-5,11-17H2,1-3H3,(H,25,30)(H,26,27,31). The third-order valence-corrected chi connectivity index (χ3v) is 6.05. The van der Waals surface area contributed by atoms with E-state index in [-0.39, 0.29) is 23.9 Å². The van der Waals surface area contributed by atoms with E-state index in [0.29, 0.717) is 56.5 Å². The molecule has 1 amide bonds. The van der Waals surface area contributed by atoms with E-state index in [4.69, 9.17) is 4.74 Å². The first-order valence-electron chi connectivity index (χ1n) is 11.5. The molecule has 0 bridgehead atoms. The molecule has 1 atom stereocenters. The van der Waals surface area contributed by atoms with Gasteiger partial charge in [0.1, 0.15) is 0 Å². The molecule has 8 heteroatoms. The molecule has 0 aliphatic carbocycles. The molecule has 0 spiro atoms. The first-order chi connectivity index (χ1) is 15.5. The van der Waals surface area contributed by atoms with Gasteiger partial charge in [-0.1, -0.05) is 44.2 Å². The topological polar surface area (TPSA) is 90.6 Å². The third kappa shape index (κ3) is 6.17. The van der Waals surface area contributed by atoms with Crippen LogP contribution < -0.4 is 15.8 Å². The average molecular weight is 442 g/mol. The van der Waals surface area contributed by atoms with Crippen molar-refractivity contribution in [2.24, 2.45) is 0 Å². The fourth-order valence-electron chi connectivity index (χ4n) is 4.15. The molecule has 1 aliphatic rings. The number of morpholine rings is 1. The van der Waals surface area contributed by atoms with Crippen molar-refractivity contribution in [1.82, 2.24) is 20.2 Å². The predicted octanol–water partition coefficient (Wildman–Crippen LogP) is 2.05. The number of hydrogen-bond donors (Lipinski definition) is 2. The summed E-state index contributed by atoms with van der Waals surface area (Å²) in [5, 5.41) is 3.07. The number of nitrogens with one attached hydrogen (secondary N) is 2. The lowest BCUT2D eigenvalue weighted by Gasteiger charge is -2.30. The van der Waals surface area contributed by atoms with E-state index in [1.165, 1.54) is 5.56 Å². The molecule has 1 saturated heterocycles. The molecule has 2 N–H and O–H groups in total. The Balaban J connectivity index is 1.59. The molecule has 0 saturated carbocycles. The molecule has 1 aromatic carbocycles. The maximum Gasteiger partial charge on any atom is 0.255 e. The number of anilines is 1. The second-order valence-electron chi connectivity index (χ2n) is 8.00. The molecule has 1 aliphatic heterocycles. The highest BCUT2D eigenvalue weighted by molar-refractivity contribution is 5.76. The number of hydrogen-bond acceptors (Lipinski definition) is 6. The molecule has 1 aromatic heterocycles. The molecular formula is C24H35N5O3. The fourth-order valence-corrected chi connectivity index (χ4v) is 4.15. The first kappa shape index (κ1) is 23.9. The van der Waals surface area contributed by atoms with Crippen LogP contribution in [0.3, 0.4) is 0 Å². The second kappa shape index (κ2) is 11.8. The summed E-state index contributed by atoms with van der Waals surface area (Å²) in [5.41, 5.74) is 2.26. The van der Waals surface area contributed by atoms with Gasteiger partial charge in [-0.15, -0.1) is 0 Å². The number of nitrogens with zero attached hydrogens (tertiary/aromatic N) is 3. The Hall–Kier alpha value is -2.71. The SMILES string of the molecule is CCN(CC)C(CNC(=O)CCc1c(C)nc(N2CCOCC2)[nH]c1=O)c1ccccc1. The first-order valence-corrected chi connectivity index (χ1v) is 11.5. The summed E-state index contributed by atoms with van der Waals surface area (Å²) >= 11 is 0. The average Bonchev–Trinajstić information content (AvgIpc) is 2.82. The lowest BCUT2D eigenvalue weighted by atomic mass is 10.0. The van der Waals surface area contributed by atoms with Crippen molar-refractivity contribution in [2.45, 2.75) is 39.7 Å². The van der Waals surface area contributed by atoms with E-state index in [1.807, 2.05) is 30.0 Å². The summed E-state index contributed by atoms with van der Waals surface area (Å²) in [5.74, 6) is 0.517. The molecule has 1 unspecified atom stereocenters. The van der Waals surface area contributed by atoms with Crippen LogP contribution in [0.5, 0.6) is 0 Å². The van der Waals surface area contributed by atoms with Crippen molar-refractivity contribution in [3.63, 3.8) is 0 Å². The van der Waals surface area contributed by atoms with Crippen molar-refractivity contribution in [2.75, 3.05) is 50.8 Å². The summed E-state index contributed by atoms with van der Waals surface area (Å²) in [4.78, 5) is 37.0. The zero-order chi connectivity index (χ0) is 22.9. The van der Waals surface area contributed by atoms with Gasteiger partial charge in [-0.05, 0) is 32.0 Å². The zero-order valence-corrected chi connectivity index (χ0v) is 19.4. The molecule has 3 rings (SSSR count). The van der Waals surface area contributed by atoms with E-state index in [0.717, 1.165) is 13.1 Å². The number of aromatic nitrogens is 2. The lowest BCUT2D eigenvalue weighted by molar-refractivity contribution is -0.121. The number of aryl methyl sites for hydroxylation is 1. The van der Waals surface area contributed by atoms with Crippen LogP contribution in [0.2, 0.25) is 0 Å². The molecule has 1 fully saturated rings. The Morgan fingerprint density at radius 3 is 2.53 bits per heavy atom. The summed E-state index contributed by atoms with van der Waals surface area (Å²) in [6, 6.07) is 10.4. The fraction of sp³-hybridized carbons (Fsp3) is 0.542. The normalized spacial score (nSPS) is 15.1. The van der Waals surface area contributed by atoms with Crippen molar-refractivity contribution in [3.8, 4) is 0 Å². The lowest BCUT2D eigenvalue weighted by Crippen LogP contribution is -2.39. The number of benzene rings is 1. The Kier molecular flexibility index (Phi) is 8.81. The van der Waals surface area contributed by atoms with Gasteiger partial charge in [0.15, 0.2) is 0 Å². The van der Waals surface area contributed by atoms with Crippen LogP contribution in [0.1, 0.15) is 43.1 Å². The highest BCUT2D eigenvalue weighted by Crippen LogP contribution is 2.19. The van der Waals surface area contributed by atoms with E-state index in [1.54, 1.807) is 0 Å². The number of amides is 1. The Bertz CT molecular complexity index is 921. The smallest absolute Gasteiger partial charge is 0.255 e. The van der Waals surface area contributed by atoms with E-state index in [9.17, 15) is 9.59 Å². The van der Waals surface area contributed by atoms with Crippen molar-refractivity contribution >= 4 is 11.9 Å². The second-order valence-corrected chi connectivity index (χ2v) is 8.00. The van der Waals surface area contributed by atoms with Crippen LogP contribution in [0.25, 0.3) is 0 Å². The Morgan fingerprint density at radius 1 is 1.22 bits per heavy atom. The van der Waals surface area contributed by atoms with Gasteiger partial charge in [-0.3, -0.25) is 19.5 Å². The predicted molar refractivity (Wildman–Crippen MR) is 126 cm³/mol. The number of ether oxygens (including phenoxy) is 1. The van der Waals surface area contributed by atoms with Gasteiger partial charge in [0.2, 0.25) is 11.9 Å². The van der Waals surface area contributed by atoms with E-state index in [2.05, 4.69) is 46.2 Å². The van der Waals surface area contributed by atoms with Crippen LogP contribution >= 0.6 is 0 Å². The highest BCUT2D eigenvalue weighted by atomic mass is 16.5. The Morgan fingerprint density at radius 2 is 1.91 bits per heavy atom. The van der Waals surface area contributed by atoms with Crippen LogP contribution in [-0.2, 0) is 16.0 Å². The maximum atomic E-state index is 12.6. The minimum Gasteiger partial charge on any atom is -0.378 e. The van der Waals surface area contributed by atoms with Gasteiger partial charge in [-0.25, -0.2) is 4.98 Å². The van der Waals surface area contributed by atoms with Gasteiger partial charge in [0.05, 0.1) is 19.3 Å². The number of aromatic amines is 1. The van der Waals surface area contributed by atoms with E-state index < -0.39 is 0 Å². The maximum absolute atomic E-state index is 12.6. The van der Waals surface area contributed by atoms with Crippen molar-refractivity contribution in [1.29, 1.82) is 0 Å². The quantitative estimate of drug-likeness (QED) is 0.587. The van der Waals surface area contributed by atoms with Crippen molar-refractivity contribution in [3.05, 3.63) is 57.5 Å². The summed E-state index contributed by atoms with van der Waals surface area (Å²) < 4.78 is 5.36. The van der Waals surface area contributed by atoms with Crippen LogP contribution in [0, 0.1) is 6.92 Å². The summed E-state index contributed by atoms with van der Waals surface area (Å²) in [6.45, 7) is 11.1. The van der Waals surface area contributed by atoms with E-state index >= 15 is 0 Å². The summed E-state index contributed by atoms with van der Waals surface area (Å²) in [7, 11) is 0. The van der Waals surface area contributed by atoms with Crippen LogP contribution in [0.15, 0.2) is 35.1 Å². The molecular weight excluding hydrogens is 406 g/mol. The number of likely N-dealkylation sites (N-methyl/N-ethyl adjacent to an activating group) is 1. The summed E-state index contributed by atoms with van der Waals surface area (Å²) in [6.07, 6.45) is 0.618. The van der Waals surface area contributed by atoms with Crippen molar-refractivity contribution < 1.29 is 9.53 Å². The Labute approximate surface area is 190 Å². The van der Waals surface area contributed by atoms with Gasteiger partial charge in [-0.2, -0.15) is 0 Å². The highest BCUT2D eigenvalue weighted by Gasteiger charge is 2.20. The minimum absolute atomic E-state index is 0.0610. The van der Waals surface area contributed by atoms with Gasteiger partial charge < -0.3 is 15.0 Å².